The first-order chi connectivity index (χ1) is 12.8. The number of hydrogen-bond donors (Lipinski definition) is 1. The molecule has 1 fully saturated rings. The van der Waals surface area contributed by atoms with E-state index in [0.717, 1.165) is 24.3 Å². The van der Waals surface area contributed by atoms with Crippen LogP contribution in [0.25, 0.3) is 0 Å². The van der Waals surface area contributed by atoms with Crippen molar-refractivity contribution in [2.75, 3.05) is 13.7 Å². The van der Waals surface area contributed by atoms with Gasteiger partial charge in [0.05, 0.1) is 7.11 Å². The number of phenols is 1. The van der Waals surface area contributed by atoms with Gasteiger partial charge in [-0.15, -0.1) is 0 Å². The number of likely N-dealkylation sites (tertiary alicyclic amines) is 1. The van der Waals surface area contributed by atoms with E-state index in [2.05, 4.69) is 26.8 Å². The summed E-state index contributed by atoms with van der Waals surface area (Å²) in [5.41, 5.74) is 2.75. The molecule has 1 aliphatic carbocycles. The Morgan fingerprint density at radius 1 is 1.15 bits per heavy atom. The molecule has 1 saturated heterocycles. The van der Waals surface area contributed by atoms with Crippen LogP contribution in [0.5, 0.6) is 11.5 Å². The number of amides is 1. The normalized spacial score (nSPS) is 25.6. The van der Waals surface area contributed by atoms with E-state index in [1.54, 1.807) is 13.2 Å². The zero-order valence-corrected chi connectivity index (χ0v) is 16.5. The highest BCUT2D eigenvalue weighted by Gasteiger charge is 2.57. The number of methoxy groups -OCH3 is 1. The SMILES string of the molecule is COc1ccc(C(=O)N2CCC3(C)c4cccc(O)c4CC2C3(C)C)cc1. The predicted octanol–water partition coefficient (Wildman–Crippen LogP) is 4.16. The molecule has 0 saturated carbocycles. The number of benzene rings is 2. The van der Waals surface area contributed by atoms with E-state index >= 15 is 0 Å². The number of aromatic hydroxyl groups is 1. The number of fused-ring (bicyclic) bond motifs is 4. The maximum Gasteiger partial charge on any atom is 0.254 e. The van der Waals surface area contributed by atoms with E-state index in [0.29, 0.717) is 17.7 Å². The van der Waals surface area contributed by atoms with Crippen molar-refractivity contribution in [3.05, 3.63) is 59.2 Å². The minimum Gasteiger partial charge on any atom is -0.508 e. The molecule has 1 aliphatic heterocycles. The number of nitrogens with zero attached hydrogens (tertiary/aromatic N) is 1. The van der Waals surface area contributed by atoms with Gasteiger partial charge in [0.2, 0.25) is 0 Å². The van der Waals surface area contributed by atoms with Crippen molar-refractivity contribution in [2.24, 2.45) is 5.41 Å². The van der Waals surface area contributed by atoms with E-state index in [-0.39, 0.29) is 22.8 Å². The van der Waals surface area contributed by atoms with Crippen molar-refractivity contribution in [2.45, 2.75) is 45.1 Å². The molecule has 4 nitrogen and oxygen atoms in total. The lowest BCUT2D eigenvalue weighted by atomic mass is 9.51. The Morgan fingerprint density at radius 2 is 1.85 bits per heavy atom. The fraction of sp³-hybridized carbons (Fsp3) is 0.435. The van der Waals surface area contributed by atoms with Gasteiger partial charge in [-0.2, -0.15) is 0 Å². The van der Waals surface area contributed by atoms with Gasteiger partial charge in [-0.25, -0.2) is 0 Å². The maximum absolute atomic E-state index is 13.3. The first kappa shape index (κ1) is 17.9. The monoisotopic (exact) mass is 365 g/mol. The first-order valence-electron chi connectivity index (χ1n) is 9.56. The number of phenolic OH excluding ortho intramolecular Hbond substituents is 1. The zero-order valence-electron chi connectivity index (χ0n) is 16.5. The lowest BCUT2D eigenvalue weighted by molar-refractivity contribution is -0.0266. The largest absolute Gasteiger partial charge is 0.508 e. The van der Waals surface area contributed by atoms with E-state index in [1.165, 1.54) is 5.56 Å². The molecule has 1 heterocycles. The standard InChI is InChI=1S/C23H27NO3/c1-22(2)20-14-17-18(6-5-7-19(17)25)23(22,3)12-13-24(20)21(26)15-8-10-16(27-4)11-9-15/h5-11,20,25H,12-14H2,1-4H3. The number of rotatable bonds is 2. The molecule has 4 rings (SSSR count). The number of carbonyl (C=O) groups is 1. The topological polar surface area (TPSA) is 49.8 Å². The van der Waals surface area contributed by atoms with E-state index in [1.807, 2.05) is 35.2 Å². The van der Waals surface area contributed by atoms with Crippen molar-refractivity contribution in [1.29, 1.82) is 0 Å². The third-order valence-corrected chi connectivity index (χ3v) is 7.23. The molecule has 2 bridgehead atoms. The van der Waals surface area contributed by atoms with Crippen LogP contribution in [-0.4, -0.2) is 35.6 Å². The Labute approximate surface area is 160 Å². The summed E-state index contributed by atoms with van der Waals surface area (Å²) in [6.45, 7) is 7.54. The van der Waals surface area contributed by atoms with Crippen molar-refractivity contribution in [3.8, 4) is 11.5 Å². The molecule has 142 valence electrons. The average molecular weight is 365 g/mol. The van der Waals surface area contributed by atoms with Gasteiger partial charge in [0.15, 0.2) is 0 Å². The van der Waals surface area contributed by atoms with Crippen molar-refractivity contribution < 1.29 is 14.6 Å². The number of carbonyl (C=O) groups excluding carboxylic acids is 1. The Morgan fingerprint density at radius 3 is 2.52 bits per heavy atom. The van der Waals surface area contributed by atoms with Gasteiger partial charge in [0, 0.05) is 23.6 Å². The molecule has 0 aromatic heterocycles. The number of hydrogen-bond acceptors (Lipinski definition) is 3. The van der Waals surface area contributed by atoms with Crippen LogP contribution in [0, 0.1) is 5.41 Å². The van der Waals surface area contributed by atoms with E-state index < -0.39 is 0 Å². The molecule has 1 N–H and O–H groups in total. The van der Waals surface area contributed by atoms with Gasteiger partial charge in [-0.05, 0) is 59.7 Å². The minimum atomic E-state index is -0.0891. The van der Waals surface area contributed by atoms with Crippen LogP contribution in [0.2, 0.25) is 0 Å². The van der Waals surface area contributed by atoms with Gasteiger partial charge in [-0.3, -0.25) is 4.79 Å². The zero-order chi connectivity index (χ0) is 19.4. The van der Waals surface area contributed by atoms with E-state index in [9.17, 15) is 9.90 Å². The second kappa shape index (κ2) is 6.01. The maximum atomic E-state index is 13.3. The summed E-state index contributed by atoms with van der Waals surface area (Å²) in [6, 6.07) is 13.2. The van der Waals surface area contributed by atoms with Crippen molar-refractivity contribution in [1.82, 2.24) is 4.90 Å². The van der Waals surface area contributed by atoms with E-state index in [4.69, 9.17) is 4.74 Å². The molecule has 2 unspecified atom stereocenters. The Bertz CT molecular complexity index is 887. The molecule has 0 radical (unpaired) electrons. The third-order valence-electron chi connectivity index (χ3n) is 7.23. The summed E-state index contributed by atoms with van der Waals surface area (Å²) in [5.74, 6) is 1.14. The van der Waals surface area contributed by atoms with Gasteiger partial charge in [0.25, 0.3) is 5.91 Å². The summed E-state index contributed by atoms with van der Waals surface area (Å²) >= 11 is 0. The van der Waals surface area contributed by atoms with Crippen LogP contribution in [0.15, 0.2) is 42.5 Å². The molecule has 2 aliphatic rings. The first-order valence-corrected chi connectivity index (χ1v) is 9.56. The molecule has 2 aromatic rings. The Kier molecular flexibility index (Phi) is 3.99. The highest BCUT2D eigenvalue weighted by Crippen LogP contribution is 2.57. The van der Waals surface area contributed by atoms with Crippen LogP contribution >= 0.6 is 0 Å². The Hall–Kier alpha value is -2.49. The second-order valence-electron chi connectivity index (χ2n) is 8.55. The molecular formula is C23H27NO3. The van der Waals surface area contributed by atoms with Crippen LogP contribution in [0.3, 0.4) is 0 Å². The third kappa shape index (κ3) is 2.46. The smallest absolute Gasteiger partial charge is 0.254 e. The Balaban J connectivity index is 1.74. The van der Waals surface area contributed by atoms with Crippen LogP contribution in [0.4, 0.5) is 0 Å². The van der Waals surface area contributed by atoms with Gasteiger partial charge < -0.3 is 14.7 Å². The summed E-state index contributed by atoms with van der Waals surface area (Å²) in [6.07, 6.45) is 1.57. The highest BCUT2D eigenvalue weighted by atomic mass is 16.5. The van der Waals surface area contributed by atoms with Crippen LogP contribution in [0.1, 0.15) is 48.7 Å². The quantitative estimate of drug-likeness (QED) is 0.869. The molecular weight excluding hydrogens is 338 g/mol. The minimum absolute atomic E-state index is 0.0478. The predicted molar refractivity (Wildman–Crippen MR) is 105 cm³/mol. The fourth-order valence-corrected chi connectivity index (χ4v) is 5.07. The molecule has 27 heavy (non-hydrogen) atoms. The average Bonchev–Trinajstić information content (AvgIpc) is 2.65. The molecule has 1 amide bonds. The fourth-order valence-electron chi connectivity index (χ4n) is 5.07. The summed E-state index contributed by atoms with van der Waals surface area (Å²) in [7, 11) is 1.62. The molecule has 0 spiro atoms. The van der Waals surface area contributed by atoms with Crippen LogP contribution < -0.4 is 4.74 Å². The second-order valence-corrected chi connectivity index (χ2v) is 8.55. The number of piperidine rings is 1. The van der Waals surface area contributed by atoms with Gasteiger partial charge in [-0.1, -0.05) is 32.9 Å². The lowest BCUT2D eigenvalue weighted by Gasteiger charge is -2.60. The molecule has 4 heteroatoms. The van der Waals surface area contributed by atoms with Crippen molar-refractivity contribution >= 4 is 5.91 Å². The number of ether oxygens (including phenoxy) is 1. The van der Waals surface area contributed by atoms with Crippen LogP contribution in [-0.2, 0) is 11.8 Å². The highest BCUT2D eigenvalue weighted by molar-refractivity contribution is 5.94. The summed E-state index contributed by atoms with van der Waals surface area (Å²) in [4.78, 5) is 15.3. The summed E-state index contributed by atoms with van der Waals surface area (Å²) < 4.78 is 5.21. The molecule has 2 aromatic carbocycles. The van der Waals surface area contributed by atoms with Crippen molar-refractivity contribution in [3.63, 3.8) is 0 Å². The van der Waals surface area contributed by atoms with Gasteiger partial charge in [0.1, 0.15) is 11.5 Å². The molecule has 2 atom stereocenters. The van der Waals surface area contributed by atoms with Gasteiger partial charge >= 0.3 is 0 Å². The lowest BCUT2D eigenvalue weighted by Crippen LogP contribution is -2.64. The summed E-state index contributed by atoms with van der Waals surface area (Å²) in [5, 5.41) is 10.5.